The molecule has 0 amide bonds. The quantitative estimate of drug-likeness (QED) is 0.476. The van der Waals surface area contributed by atoms with Gasteiger partial charge in [-0.15, -0.1) is 0 Å². The van der Waals surface area contributed by atoms with Crippen molar-refractivity contribution in [3.05, 3.63) is 59.9 Å². The molecule has 1 saturated heterocycles. The van der Waals surface area contributed by atoms with Gasteiger partial charge in [-0.05, 0) is 93.4 Å². The highest BCUT2D eigenvalue weighted by Gasteiger charge is 2.54. The highest BCUT2D eigenvalue weighted by molar-refractivity contribution is 6.47. The number of allylic oxidation sites excluding steroid dienone is 2. The molecule has 32 heavy (non-hydrogen) atoms. The SMILES string of the molecule is Cc1ccc(-c2ccnc(C3=CC(C(C)(C)C)CC(B4OC(C)(C)C(C)(C)O4)C3)c2)cc1. The zero-order chi connectivity index (χ0) is 23.3. The predicted molar refractivity (Wildman–Crippen MR) is 134 cm³/mol. The molecule has 2 aromatic rings. The molecule has 1 aromatic heterocycles. The molecule has 0 saturated carbocycles. The van der Waals surface area contributed by atoms with Crippen molar-refractivity contribution >= 4 is 12.7 Å². The molecular formula is C28H38BNO2. The molecule has 0 radical (unpaired) electrons. The largest absolute Gasteiger partial charge is 0.461 e. The van der Waals surface area contributed by atoms with E-state index >= 15 is 0 Å². The van der Waals surface area contributed by atoms with Gasteiger partial charge in [-0.2, -0.15) is 0 Å². The number of hydrogen-bond donors (Lipinski definition) is 0. The van der Waals surface area contributed by atoms with E-state index in [4.69, 9.17) is 14.3 Å². The topological polar surface area (TPSA) is 31.4 Å². The van der Waals surface area contributed by atoms with Crippen LogP contribution in [0.25, 0.3) is 16.7 Å². The van der Waals surface area contributed by atoms with Gasteiger partial charge < -0.3 is 9.31 Å². The summed E-state index contributed by atoms with van der Waals surface area (Å²) in [5.74, 6) is 0.755. The predicted octanol–water partition coefficient (Wildman–Crippen LogP) is 7.36. The van der Waals surface area contributed by atoms with E-state index in [1.54, 1.807) is 0 Å². The second-order valence-electron chi connectivity index (χ2n) is 11.8. The van der Waals surface area contributed by atoms with Gasteiger partial charge in [0.2, 0.25) is 0 Å². The molecular weight excluding hydrogens is 393 g/mol. The Morgan fingerprint density at radius 3 is 2.16 bits per heavy atom. The van der Waals surface area contributed by atoms with Crippen molar-refractivity contribution in [2.75, 3.05) is 0 Å². The fraction of sp³-hybridized carbons (Fsp3) is 0.536. The van der Waals surface area contributed by atoms with Crippen LogP contribution in [0.15, 0.2) is 48.7 Å². The zero-order valence-electron chi connectivity index (χ0n) is 21.0. The van der Waals surface area contributed by atoms with Crippen molar-refractivity contribution in [1.29, 1.82) is 0 Å². The van der Waals surface area contributed by atoms with Gasteiger partial charge in [0.1, 0.15) is 0 Å². The van der Waals surface area contributed by atoms with Crippen LogP contribution in [0.2, 0.25) is 5.82 Å². The average molecular weight is 431 g/mol. The Morgan fingerprint density at radius 2 is 1.56 bits per heavy atom. The fourth-order valence-electron chi connectivity index (χ4n) is 4.68. The van der Waals surface area contributed by atoms with Crippen LogP contribution in [0, 0.1) is 18.3 Å². The van der Waals surface area contributed by atoms with E-state index in [9.17, 15) is 0 Å². The van der Waals surface area contributed by atoms with Gasteiger partial charge in [0.15, 0.2) is 0 Å². The lowest BCUT2D eigenvalue weighted by molar-refractivity contribution is 0.00578. The molecule has 0 spiro atoms. The number of pyridine rings is 1. The summed E-state index contributed by atoms with van der Waals surface area (Å²) < 4.78 is 13.0. The molecule has 2 heterocycles. The van der Waals surface area contributed by atoms with Gasteiger partial charge in [0.05, 0.1) is 16.9 Å². The van der Waals surface area contributed by atoms with E-state index in [1.807, 2.05) is 6.20 Å². The Hall–Kier alpha value is -1.91. The van der Waals surface area contributed by atoms with Gasteiger partial charge >= 0.3 is 7.12 Å². The minimum Gasteiger partial charge on any atom is -0.403 e. The molecule has 0 N–H and O–H groups in total. The maximum Gasteiger partial charge on any atom is 0.461 e. The summed E-state index contributed by atoms with van der Waals surface area (Å²) in [6.07, 6.45) is 6.40. The molecule has 170 valence electrons. The molecule has 1 aliphatic carbocycles. The van der Waals surface area contributed by atoms with Crippen molar-refractivity contribution in [3.8, 4) is 11.1 Å². The van der Waals surface area contributed by atoms with Crippen LogP contribution in [0.4, 0.5) is 0 Å². The lowest BCUT2D eigenvalue weighted by Crippen LogP contribution is -2.41. The summed E-state index contributed by atoms with van der Waals surface area (Å²) in [5, 5.41) is 0. The molecule has 4 rings (SSSR count). The second-order valence-corrected chi connectivity index (χ2v) is 11.8. The summed E-state index contributed by atoms with van der Waals surface area (Å²) in [4.78, 5) is 4.79. The van der Waals surface area contributed by atoms with Crippen LogP contribution in [0.5, 0.6) is 0 Å². The molecule has 0 bridgehead atoms. The Kier molecular flexibility index (Phi) is 5.92. The third kappa shape index (κ3) is 4.58. The van der Waals surface area contributed by atoms with Gasteiger partial charge in [-0.3, -0.25) is 4.98 Å². The van der Waals surface area contributed by atoms with Crippen molar-refractivity contribution in [1.82, 2.24) is 4.98 Å². The third-order valence-corrected chi connectivity index (χ3v) is 7.68. The Labute approximate surface area is 194 Å². The van der Waals surface area contributed by atoms with Crippen LogP contribution >= 0.6 is 0 Å². The van der Waals surface area contributed by atoms with Crippen LogP contribution in [0.1, 0.15) is 72.6 Å². The molecule has 2 aliphatic rings. The Morgan fingerprint density at radius 1 is 0.938 bits per heavy atom. The number of aryl methyl sites for hydroxylation is 1. The molecule has 3 nitrogen and oxygen atoms in total. The summed E-state index contributed by atoms with van der Waals surface area (Å²) in [6, 6.07) is 13.1. The minimum atomic E-state index is -0.306. The van der Waals surface area contributed by atoms with Gasteiger partial charge in [0.25, 0.3) is 0 Å². The first-order valence-corrected chi connectivity index (χ1v) is 12.0. The monoisotopic (exact) mass is 431 g/mol. The van der Waals surface area contributed by atoms with Crippen LogP contribution in [-0.4, -0.2) is 23.3 Å². The van der Waals surface area contributed by atoms with Crippen LogP contribution in [-0.2, 0) is 9.31 Å². The van der Waals surface area contributed by atoms with Crippen LogP contribution in [0.3, 0.4) is 0 Å². The maximum absolute atomic E-state index is 6.48. The molecule has 2 unspecified atom stereocenters. The molecule has 2 atom stereocenters. The molecule has 1 aromatic carbocycles. The van der Waals surface area contributed by atoms with Gasteiger partial charge in [0, 0.05) is 6.20 Å². The first-order valence-electron chi connectivity index (χ1n) is 12.0. The zero-order valence-corrected chi connectivity index (χ0v) is 21.0. The highest BCUT2D eigenvalue weighted by Crippen LogP contribution is 2.49. The summed E-state index contributed by atoms with van der Waals surface area (Å²) in [5.41, 5.74) is 5.65. The van der Waals surface area contributed by atoms with Crippen molar-refractivity contribution in [2.24, 2.45) is 11.3 Å². The van der Waals surface area contributed by atoms with Crippen molar-refractivity contribution in [2.45, 2.75) is 85.3 Å². The van der Waals surface area contributed by atoms with Crippen molar-refractivity contribution < 1.29 is 9.31 Å². The number of rotatable bonds is 3. The smallest absolute Gasteiger partial charge is 0.403 e. The fourth-order valence-corrected chi connectivity index (χ4v) is 4.68. The van der Waals surface area contributed by atoms with Crippen LogP contribution < -0.4 is 0 Å². The third-order valence-electron chi connectivity index (χ3n) is 7.68. The first-order chi connectivity index (χ1) is 14.9. The molecule has 1 fully saturated rings. The first kappa shape index (κ1) is 23.3. The molecule has 4 heteroatoms. The van der Waals surface area contributed by atoms with Crippen molar-refractivity contribution in [3.63, 3.8) is 0 Å². The van der Waals surface area contributed by atoms with E-state index in [2.05, 4.69) is 97.9 Å². The maximum atomic E-state index is 6.48. The number of aromatic nitrogens is 1. The lowest BCUT2D eigenvalue weighted by Gasteiger charge is -2.37. The van der Waals surface area contributed by atoms with E-state index < -0.39 is 0 Å². The number of nitrogens with zero attached hydrogens (tertiary/aromatic N) is 1. The van der Waals surface area contributed by atoms with Gasteiger partial charge in [-0.25, -0.2) is 0 Å². The number of benzene rings is 1. The van der Waals surface area contributed by atoms with Gasteiger partial charge in [-0.1, -0.05) is 56.7 Å². The summed E-state index contributed by atoms with van der Waals surface area (Å²) >= 11 is 0. The van der Waals surface area contributed by atoms with E-state index in [-0.39, 0.29) is 23.7 Å². The average Bonchev–Trinajstić information content (AvgIpc) is 2.95. The minimum absolute atomic E-state index is 0.169. The second kappa shape index (κ2) is 8.15. The Balaban J connectivity index is 1.66. The highest BCUT2D eigenvalue weighted by atomic mass is 16.7. The standard InChI is InChI=1S/C28H38BNO2/c1-19-9-11-20(12-10-19)21-13-14-30-25(17-21)22-15-23(26(2,3)4)18-24(16-22)29-31-27(5,6)28(7,8)32-29/h9-15,17,23-24H,16,18H2,1-8H3. The normalized spacial score (nSPS) is 25.0. The van der Waals surface area contributed by atoms with E-state index in [0.717, 1.165) is 18.5 Å². The van der Waals surface area contributed by atoms with E-state index in [0.29, 0.717) is 11.7 Å². The number of hydrogen-bond acceptors (Lipinski definition) is 3. The Bertz CT molecular complexity index is 985. The summed E-state index contributed by atoms with van der Waals surface area (Å²) in [6.45, 7) is 17.7. The summed E-state index contributed by atoms with van der Waals surface area (Å²) in [7, 11) is -0.186. The lowest BCUT2D eigenvalue weighted by atomic mass is 9.58. The molecule has 1 aliphatic heterocycles. The van der Waals surface area contributed by atoms with E-state index in [1.165, 1.54) is 22.3 Å².